The molecule has 1 aliphatic carbocycles. The highest BCUT2D eigenvalue weighted by Gasteiger charge is 2.21. The smallest absolute Gasteiger partial charge is 0.0383 e. The molecule has 1 aromatic rings. The summed E-state index contributed by atoms with van der Waals surface area (Å²) in [5.74, 6) is 0.884. The quantitative estimate of drug-likeness (QED) is 0.840. The van der Waals surface area contributed by atoms with E-state index in [0.29, 0.717) is 6.04 Å². The molecule has 1 aromatic carbocycles. The molecule has 0 amide bonds. The first-order valence-corrected chi connectivity index (χ1v) is 6.48. The molecule has 0 heterocycles. The van der Waals surface area contributed by atoms with Gasteiger partial charge in [0.25, 0.3) is 0 Å². The van der Waals surface area contributed by atoms with E-state index in [1.54, 1.807) is 0 Å². The Morgan fingerprint density at radius 3 is 2.80 bits per heavy atom. The molecular formula is C13H18BrN. The van der Waals surface area contributed by atoms with Crippen molar-refractivity contribution in [2.24, 2.45) is 5.92 Å². The maximum atomic E-state index is 3.65. The molecule has 0 saturated heterocycles. The minimum Gasteiger partial charge on any atom is -0.382 e. The molecule has 2 heteroatoms. The van der Waals surface area contributed by atoms with Gasteiger partial charge in [0.2, 0.25) is 0 Å². The highest BCUT2D eigenvalue weighted by molar-refractivity contribution is 9.10. The number of nitrogens with one attached hydrogen (secondary N) is 1. The van der Waals surface area contributed by atoms with Gasteiger partial charge >= 0.3 is 0 Å². The Balaban J connectivity index is 2.07. The van der Waals surface area contributed by atoms with Crippen LogP contribution in [0, 0.1) is 12.8 Å². The normalized spacial score (nSPS) is 25.5. The van der Waals surface area contributed by atoms with Gasteiger partial charge in [0.05, 0.1) is 0 Å². The molecule has 82 valence electrons. The molecule has 1 fully saturated rings. The van der Waals surface area contributed by atoms with E-state index in [1.807, 2.05) is 0 Å². The van der Waals surface area contributed by atoms with E-state index >= 15 is 0 Å². The Labute approximate surface area is 100 Å². The highest BCUT2D eigenvalue weighted by atomic mass is 79.9. The number of halogens is 1. The first-order chi connectivity index (χ1) is 7.16. The van der Waals surface area contributed by atoms with Gasteiger partial charge in [0.15, 0.2) is 0 Å². The first kappa shape index (κ1) is 11.0. The van der Waals surface area contributed by atoms with Crippen molar-refractivity contribution in [2.75, 3.05) is 5.32 Å². The number of hydrogen-bond donors (Lipinski definition) is 1. The minimum absolute atomic E-state index is 0.674. The van der Waals surface area contributed by atoms with Crippen LogP contribution in [-0.2, 0) is 0 Å². The molecule has 0 aliphatic heterocycles. The van der Waals surface area contributed by atoms with Crippen molar-refractivity contribution < 1.29 is 0 Å². The topological polar surface area (TPSA) is 12.0 Å². The van der Waals surface area contributed by atoms with E-state index in [4.69, 9.17) is 0 Å². The molecule has 1 N–H and O–H groups in total. The van der Waals surface area contributed by atoms with Gasteiger partial charge in [-0.05, 0) is 49.8 Å². The number of benzene rings is 1. The fourth-order valence-corrected chi connectivity index (χ4v) is 2.69. The molecule has 15 heavy (non-hydrogen) atoms. The van der Waals surface area contributed by atoms with Gasteiger partial charge in [-0.2, -0.15) is 0 Å². The van der Waals surface area contributed by atoms with E-state index in [9.17, 15) is 0 Å². The van der Waals surface area contributed by atoms with Crippen LogP contribution in [0.2, 0.25) is 0 Å². The van der Waals surface area contributed by atoms with Crippen molar-refractivity contribution in [3.05, 3.63) is 28.2 Å². The van der Waals surface area contributed by atoms with Gasteiger partial charge < -0.3 is 5.32 Å². The van der Waals surface area contributed by atoms with Crippen LogP contribution in [-0.4, -0.2) is 6.04 Å². The number of anilines is 1. The van der Waals surface area contributed by atoms with Crippen LogP contribution in [0.15, 0.2) is 22.7 Å². The van der Waals surface area contributed by atoms with Gasteiger partial charge in [-0.1, -0.05) is 28.9 Å². The summed E-state index contributed by atoms with van der Waals surface area (Å²) in [5, 5.41) is 3.65. The van der Waals surface area contributed by atoms with Crippen molar-refractivity contribution in [3.8, 4) is 0 Å². The summed E-state index contributed by atoms with van der Waals surface area (Å²) in [7, 11) is 0. The second-order valence-electron chi connectivity index (χ2n) is 4.67. The fourth-order valence-electron chi connectivity index (χ4n) is 2.32. The zero-order chi connectivity index (χ0) is 10.8. The van der Waals surface area contributed by atoms with Crippen LogP contribution in [0.4, 0.5) is 5.69 Å². The summed E-state index contributed by atoms with van der Waals surface area (Å²) in [6, 6.07) is 7.03. The Hall–Kier alpha value is -0.500. The van der Waals surface area contributed by atoms with E-state index in [0.717, 1.165) is 5.92 Å². The van der Waals surface area contributed by atoms with Crippen molar-refractivity contribution in [2.45, 2.75) is 39.2 Å². The lowest BCUT2D eigenvalue weighted by Gasteiger charge is -2.16. The molecule has 1 saturated carbocycles. The van der Waals surface area contributed by atoms with E-state index in [1.165, 1.54) is 35.0 Å². The minimum atomic E-state index is 0.674. The lowest BCUT2D eigenvalue weighted by molar-refractivity contribution is 0.602. The standard InChI is InChI=1S/C13H18BrN/c1-9-6-7-11(8-9)15-13-5-3-4-12(14)10(13)2/h3-5,9,11,15H,6-8H2,1-2H3. The van der Waals surface area contributed by atoms with Gasteiger partial charge in [0, 0.05) is 16.2 Å². The highest BCUT2D eigenvalue weighted by Crippen LogP contribution is 2.30. The Morgan fingerprint density at radius 2 is 2.13 bits per heavy atom. The molecule has 2 atom stereocenters. The van der Waals surface area contributed by atoms with Crippen LogP contribution in [0.5, 0.6) is 0 Å². The lowest BCUT2D eigenvalue weighted by atomic mass is 10.1. The summed E-state index contributed by atoms with van der Waals surface area (Å²) < 4.78 is 1.19. The zero-order valence-corrected chi connectivity index (χ0v) is 11.0. The third-order valence-electron chi connectivity index (χ3n) is 3.32. The molecule has 1 aliphatic rings. The second-order valence-corrected chi connectivity index (χ2v) is 5.53. The molecule has 2 rings (SSSR count). The van der Waals surface area contributed by atoms with E-state index in [-0.39, 0.29) is 0 Å². The van der Waals surface area contributed by atoms with Crippen molar-refractivity contribution in [1.82, 2.24) is 0 Å². The van der Waals surface area contributed by atoms with Gasteiger partial charge in [0.1, 0.15) is 0 Å². The Bertz CT molecular complexity index is 348. The molecule has 0 radical (unpaired) electrons. The van der Waals surface area contributed by atoms with Crippen LogP contribution < -0.4 is 5.32 Å². The average Bonchev–Trinajstić information content (AvgIpc) is 2.59. The van der Waals surface area contributed by atoms with Gasteiger partial charge in [-0.15, -0.1) is 0 Å². The maximum Gasteiger partial charge on any atom is 0.0383 e. The average molecular weight is 268 g/mol. The Kier molecular flexibility index (Phi) is 3.35. The van der Waals surface area contributed by atoms with Crippen LogP contribution >= 0.6 is 15.9 Å². The fraction of sp³-hybridized carbons (Fsp3) is 0.538. The summed E-state index contributed by atoms with van der Waals surface area (Å²) in [6.45, 7) is 4.50. The largest absolute Gasteiger partial charge is 0.382 e. The monoisotopic (exact) mass is 267 g/mol. The van der Waals surface area contributed by atoms with Crippen LogP contribution in [0.25, 0.3) is 0 Å². The van der Waals surface area contributed by atoms with Crippen LogP contribution in [0.3, 0.4) is 0 Å². The second kappa shape index (κ2) is 4.56. The third kappa shape index (κ3) is 2.54. The summed E-state index contributed by atoms with van der Waals surface area (Å²) in [5.41, 5.74) is 2.60. The van der Waals surface area contributed by atoms with E-state index in [2.05, 4.69) is 53.3 Å². The van der Waals surface area contributed by atoms with Crippen molar-refractivity contribution >= 4 is 21.6 Å². The molecule has 2 unspecified atom stereocenters. The van der Waals surface area contributed by atoms with Crippen molar-refractivity contribution in [3.63, 3.8) is 0 Å². The predicted molar refractivity (Wildman–Crippen MR) is 69.3 cm³/mol. The van der Waals surface area contributed by atoms with Crippen molar-refractivity contribution in [1.29, 1.82) is 0 Å². The maximum absolute atomic E-state index is 3.65. The first-order valence-electron chi connectivity index (χ1n) is 5.68. The molecule has 1 nitrogen and oxygen atoms in total. The number of rotatable bonds is 2. The van der Waals surface area contributed by atoms with E-state index < -0.39 is 0 Å². The van der Waals surface area contributed by atoms with Crippen LogP contribution in [0.1, 0.15) is 31.7 Å². The number of hydrogen-bond acceptors (Lipinski definition) is 1. The lowest BCUT2D eigenvalue weighted by Crippen LogP contribution is -2.15. The summed E-state index contributed by atoms with van der Waals surface area (Å²) in [4.78, 5) is 0. The Morgan fingerprint density at radius 1 is 1.33 bits per heavy atom. The molecule has 0 bridgehead atoms. The van der Waals surface area contributed by atoms with Gasteiger partial charge in [-0.25, -0.2) is 0 Å². The summed E-state index contributed by atoms with van der Waals surface area (Å²) >= 11 is 3.57. The zero-order valence-electron chi connectivity index (χ0n) is 9.39. The SMILES string of the molecule is Cc1c(Br)cccc1NC1CCC(C)C1. The summed E-state index contributed by atoms with van der Waals surface area (Å²) in [6.07, 6.45) is 3.99. The van der Waals surface area contributed by atoms with Gasteiger partial charge in [-0.3, -0.25) is 0 Å². The molecular weight excluding hydrogens is 250 g/mol. The molecule has 0 aromatic heterocycles. The third-order valence-corrected chi connectivity index (χ3v) is 4.18. The predicted octanol–water partition coefficient (Wildman–Crippen LogP) is 4.36. The molecule has 0 spiro atoms.